The number of aromatic carboxylic acids is 1. The Morgan fingerprint density at radius 3 is 2.04 bits per heavy atom. The number of nitrogens with zero attached hydrogens (tertiary/aromatic N) is 1. The van der Waals surface area contributed by atoms with Gasteiger partial charge in [-0.2, -0.15) is 13.2 Å². The van der Waals surface area contributed by atoms with E-state index < -0.39 is 23.4 Å². The molecule has 0 aliphatic carbocycles. The van der Waals surface area contributed by atoms with Gasteiger partial charge in [0.1, 0.15) is 0 Å². The van der Waals surface area contributed by atoms with Crippen LogP contribution in [0.15, 0.2) is 18.2 Å². The second-order valence-electron chi connectivity index (χ2n) is 4.99. The Hall–Kier alpha value is -2.45. The number of halogens is 3. The van der Waals surface area contributed by atoms with Crippen molar-refractivity contribution in [1.29, 1.82) is 0 Å². The first-order valence-electron chi connectivity index (χ1n) is 6.87. The summed E-state index contributed by atoms with van der Waals surface area (Å²) in [5, 5.41) is 8.50. The van der Waals surface area contributed by atoms with Gasteiger partial charge in [-0.05, 0) is 37.5 Å². The number of hydrogen-bond acceptors (Lipinski definition) is 3. The normalized spacial score (nSPS) is 14.7. The Kier molecular flexibility index (Phi) is 6.23. The molecule has 128 valence electrons. The third-order valence-corrected chi connectivity index (χ3v) is 3.28. The number of benzene rings is 1. The van der Waals surface area contributed by atoms with E-state index in [1.165, 1.54) is 6.42 Å². The molecule has 6 nitrogen and oxygen atoms in total. The average molecular weight is 333 g/mol. The van der Waals surface area contributed by atoms with Crippen LogP contribution in [0.25, 0.3) is 0 Å². The van der Waals surface area contributed by atoms with Crippen LogP contribution in [-0.4, -0.2) is 35.1 Å². The van der Waals surface area contributed by atoms with Gasteiger partial charge in [0.05, 0.1) is 11.1 Å². The van der Waals surface area contributed by atoms with Crippen LogP contribution in [0.1, 0.15) is 35.2 Å². The van der Waals surface area contributed by atoms with Crippen LogP contribution >= 0.6 is 0 Å². The molecule has 0 bridgehead atoms. The molecule has 1 heterocycles. The number of urea groups is 1. The number of rotatable bonds is 1. The number of likely N-dealkylation sites (tertiary alicyclic amines) is 1. The number of carboxylic acids is 1. The molecule has 0 atom stereocenters. The maximum atomic E-state index is 12.1. The fourth-order valence-electron chi connectivity index (χ4n) is 2.05. The summed E-state index contributed by atoms with van der Waals surface area (Å²) < 4.78 is 36.3. The number of amides is 2. The molecule has 1 aromatic rings. The van der Waals surface area contributed by atoms with Crippen molar-refractivity contribution in [2.75, 3.05) is 18.8 Å². The Morgan fingerprint density at radius 2 is 1.70 bits per heavy atom. The number of alkyl halides is 3. The lowest BCUT2D eigenvalue weighted by molar-refractivity contribution is -0.137. The Morgan fingerprint density at radius 1 is 1.13 bits per heavy atom. The molecule has 0 spiro atoms. The SMILES string of the molecule is NC(=O)N1CCCCC1.Nc1cc(C(F)(F)F)ccc1C(=O)O. The summed E-state index contributed by atoms with van der Waals surface area (Å²) in [4.78, 5) is 22.6. The van der Waals surface area contributed by atoms with Gasteiger partial charge in [-0.3, -0.25) is 0 Å². The van der Waals surface area contributed by atoms with E-state index in [1.54, 1.807) is 4.90 Å². The van der Waals surface area contributed by atoms with Crippen LogP contribution in [0, 0.1) is 0 Å². The van der Waals surface area contributed by atoms with Crippen LogP contribution in [0.2, 0.25) is 0 Å². The van der Waals surface area contributed by atoms with Crippen LogP contribution in [-0.2, 0) is 6.18 Å². The van der Waals surface area contributed by atoms with Gasteiger partial charge >= 0.3 is 18.2 Å². The number of primary amides is 1. The molecule has 1 aliphatic heterocycles. The maximum absolute atomic E-state index is 12.1. The molecule has 2 amide bonds. The van der Waals surface area contributed by atoms with Crippen LogP contribution in [0.4, 0.5) is 23.7 Å². The summed E-state index contributed by atoms with van der Waals surface area (Å²) in [5.74, 6) is -1.35. The zero-order valence-electron chi connectivity index (χ0n) is 12.3. The van der Waals surface area contributed by atoms with Crippen molar-refractivity contribution in [1.82, 2.24) is 4.90 Å². The van der Waals surface area contributed by atoms with Crippen molar-refractivity contribution in [3.8, 4) is 0 Å². The smallest absolute Gasteiger partial charge is 0.416 e. The van der Waals surface area contributed by atoms with E-state index in [9.17, 15) is 22.8 Å². The number of anilines is 1. The van der Waals surface area contributed by atoms with Gasteiger partial charge in [-0.25, -0.2) is 9.59 Å². The van der Waals surface area contributed by atoms with Gasteiger partial charge in [-0.15, -0.1) is 0 Å². The first-order chi connectivity index (χ1) is 10.6. The Labute approximate surface area is 130 Å². The standard InChI is InChI=1S/C8H6F3NO2.C6H12N2O/c9-8(10,11)4-1-2-5(7(13)14)6(12)3-4;7-6(9)8-4-2-1-3-5-8/h1-3H,12H2,(H,13,14);1-5H2,(H2,7,9). The summed E-state index contributed by atoms with van der Waals surface area (Å²) in [6.07, 6.45) is -1.04. The second-order valence-corrected chi connectivity index (χ2v) is 4.99. The van der Waals surface area contributed by atoms with E-state index in [2.05, 4.69) is 0 Å². The van der Waals surface area contributed by atoms with Gasteiger partial charge in [-0.1, -0.05) is 0 Å². The average Bonchev–Trinajstić information content (AvgIpc) is 2.47. The van der Waals surface area contributed by atoms with Crippen molar-refractivity contribution in [3.05, 3.63) is 29.3 Å². The highest BCUT2D eigenvalue weighted by Gasteiger charge is 2.31. The zero-order valence-corrected chi connectivity index (χ0v) is 12.3. The molecule has 9 heteroatoms. The number of nitrogens with two attached hydrogens (primary N) is 2. The third-order valence-electron chi connectivity index (χ3n) is 3.28. The first kappa shape index (κ1) is 18.6. The molecule has 5 N–H and O–H groups in total. The zero-order chi connectivity index (χ0) is 17.6. The van der Waals surface area contributed by atoms with E-state index in [1.807, 2.05) is 0 Å². The lowest BCUT2D eigenvalue weighted by Gasteiger charge is -2.24. The third kappa shape index (κ3) is 5.68. The number of hydrogen-bond donors (Lipinski definition) is 3. The molecule has 0 saturated carbocycles. The van der Waals surface area contributed by atoms with Gasteiger partial charge in [0.2, 0.25) is 0 Å². The summed E-state index contributed by atoms with van der Waals surface area (Å²) in [6.45, 7) is 1.71. The second kappa shape index (κ2) is 7.70. The van der Waals surface area contributed by atoms with E-state index in [0.29, 0.717) is 12.1 Å². The number of piperidine rings is 1. The minimum Gasteiger partial charge on any atom is -0.478 e. The predicted octanol–water partition coefficient (Wildman–Crippen LogP) is 2.54. The van der Waals surface area contributed by atoms with E-state index in [0.717, 1.165) is 32.0 Å². The first-order valence-corrected chi connectivity index (χ1v) is 6.87. The number of carbonyl (C=O) groups excluding carboxylic acids is 1. The molecule has 23 heavy (non-hydrogen) atoms. The van der Waals surface area contributed by atoms with Crippen molar-refractivity contribution < 1.29 is 27.9 Å². The lowest BCUT2D eigenvalue weighted by Crippen LogP contribution is -2.39. The maximum Gasteiger partial charge on any atom is 0.416 e. The van der Waals surface area contributed by atoms with Crippen molar-refractivity contribution in [2.24, 2.45) is 5.73 Å². The van der Waals surface area contributed by atoms with E-state index in [4.69, 9.17) is 16.6 Å². The molecule has 2 rings (SSSR count). The van der Waals surface area contributed by atoms with Crippen molar-refractivity contribution >= 4 is 17.7 Å². The van der Waals surface area contributed by atoms with E-state index in [-0.39, 0.29) is 11.6 Å². The summed E-state index contributed by atoms with van der Waals surface area (Å²) >= 11 is 0. The lowest BCUT2D eigenvalue weighted by atomic mass is 10.1. The van der Waals surface area contributed by atoms with Crippen LogP contribution < -0.4 is 11.5 Å². The van der Waals surface area contributed by atoms with Crippen molar-refractivity contribution in [3.63, 3.8) is 0 Å². The Balaban J connectivity index is 0.000000253. The minimum atomic E-state index is -4.51. The highest BCUT2D eigenvalue weighted by Crippen LogP contribution is 2.31. The molecule has 0 unspecified atom stereocenters. The van der Waals surface area contributed by atoms with Crippen molar-refractivity contribution in [2.45, 2.75) is 25.4 Å². The highest BCUT2D eigenvalue weighted by atomic mass is 19.4. The molecular weight excluding hydrogens is 315 g/mol. The van der Waals surface area contributed by atoms with Crippen LogP contribution in [0.3, 0.4) is 0 Å². The van der Waals surface area contributed by atoms with Crippen LogP contribution in [0.5, 0.6) is 0 Å². The minimum absolute atomic E-state index is 0.269. The highest BCUT2D eigenvalue weighted by molar-refractivity contribution is 5.93. The quantitative estimate of drug-likeness (QED) is 0.686. The molecular formula is C14H18F3N3O3. The van der Waals surface area contributed by atoms with Gasteiger partial charge in [0.15, 0.2) is 0 Å². The number of carboxylic acid groups (broad SMARTS) is 1. The molecule has 1 aromatic carbocycles. The summed E-state index contributed by atoms with van der Waals surface area (Å²) in [5.41, 5.74) is 8.50. The fourth-order valence-corrected chi connectivity index (χ4v) is 2.05. The molecule has 0 radical (unpaired) electrons. The predicted molar refractivity (Wildman–Crippen MR) is 77.8 cm³/mol. The molecule has 1 fully saturated rings. The number of carbonyl (C=O) groups is 2. The topological polar surface area (TPSA) is 110 Å². The van der Waals surface area contributed by atoms with Gasteiger partial charge in [0.25, 0.3) is 0 Å². The summed E-state index contributed by atoms with van der Waals surface area (Å²) in [6, 6.07) is 1.85. The van der Waals surface area contributed by atoms with Gasteiger partial charge in [0, 0.05) is 18.8 Å². The molecule has 0 aromatic heterocycles. The largest absolute Gasteiger partial charge is 0.478 e. The Bertz CT molecular complexity index is 570. The van der Waals surface area contributed by atoms with E-state index >= 15 is 0 Å². The fraction of sp³-hybridized carbons (Fsp3) is 0.429. The van der Waals surface area contributed by atoms with Gasteiger partial charge < -0.3 is 21.5 Å². The monoisotopic (exact) mass is 333 g/mol. The molecule has 1 aliphatic rings. The summed E-state index contributed by atoms with van der Waals surface area (Å²) in [7, 11) is 0. The number of nitrogen functional groups attached to an aromatic ring is 1. The molecule has 1 saturated heterocycles.